The Balaban J connectivity index is 1.83. The summed E-state index contributed by atoms with van der Waals surface area (Å²) in [5.41, 5.74) is 1.78. The topological polar surface area (TPSA) is 82.5 Å². The van der Waals surface area contributed by atoms with Crippen LogP contribution in [-0.4, -0.2) is 32.2 Å². The minimum absolute atomic E-state index is 0.0336. The summed E-state index contributed by atoms with van der Waals surface area (Å²) < 4.78 is 40.6. The first-order valence-corrected chi connectivity index (χ1v) is 9.75. The summed E-state index contributed by atoms with van der Waals surface area (Å²) in [5.74, 6) is 0.694. The Kier molecular flexibility index (Phi) is 5.48. The van der Waals surface area contributed by atoms with Gasteiger partial charge in [0.2, 0.25) is 10.0 Å². The van der Waals surface area contributed by atoms with Crippen LogP contribution in [0.4, 0.5) is 0 Å². The molecule has 27 heavy (non-hydrogen) atoms. The van der Waals surface area contributed by atoms with Crippen molar-refractivity contribution in [2.75, 3.05) is 14.2 Å². The highest BCUT2D eigenvalue weighted by Crippen LogP contribution is 2.29. The summed E-state index contributed by atoms with van der Waals surface area (Å²) >= 11 is 0. The van der Waals surface area contributed by atoms with Crippen LogP contribution in [-0.2, 0) is 10.0 Å². The lowest BCUT2D eigenvalue weighted by molar-refractivity contribution is 0.391. The lowest BCUT2D eigenvalue weighted by Gasteiger charge is -2.17. The molecular formula is C19H21N3O4S. The standard InChI is InChI=1S/C19H21N3O4S/c1-14(15-4-6-16(7-5-15)22-11-10-20-13-22)21-27(23,24)19-12-17(25-2)8-9-18(19)26-3/h4-14,21H,1-3H3/t14-/m0/s1. The Labute approximate surface area is 158 Å². The lowest BCUT2D eigenvalue weighted by Crippen LogP contribution is -2.27. The molecule has 0 aliphatic carbocycles. The predicted molar refractivity (Wildman–Crippen MR) is 102 cm³/mol. The Morgan fingerprint density at radius 2 is 1.81 bits per heavy atom. The van der Waals surface area contributed by atoms with E-state index in [9.17, 15) is 8.42 Å². The molecule has 2 aromatic carbocycles. The van der Waals surface area contributed by atoms with E-state index in [1.54, 1.807) is 31.6 Å². The average molecular weight is 387 g/mol. The van der Waals surface area contributed by atoms with E-state index in [1.807, 2.05) is 35.0 Å². The maximum absolute atomic E-state index is 12.9. The zero-order valence-electron chi connectivity index (χ0n) is 15.3. The Morgan fingerprint density at radius 1 is 1.07 bits per heavy atom. The average Bonchev–Trinajstić information content (AvgIpc) is 3.22. The third-order valence-corrected chi connectivity index (χ3v) is 5.75. The quantitative estimate of drug-likeness (QED) is 0.674. The predicted octanol–water partition coefficient (Wildman–Crippen LogP) is 2.93. The van der Waals surface area contributed by atoms with Crippen LogP contribution in [0.3, 0.4) is 0 Å². The minimum Gasteiger partial charge on any atom is -0.497 e. The second-order valence-electron chi connectivity index (χ2n) is 5.92. The molecule has 8 heteroatoms. The molecule has 1 atom stereocenters. The Hall–Kier alpha value is -2.84. The fraction of sp³-hybridized carbons (Fsp3) is 0.211. The van der Waals surface area contributed by atoms with Crippen LogP contribution in [0, 0.1) is 0 Å². The number of imidazole rings is 1. The second kappa shape index (κ2) is 7.81. The molecule has 7 nitrogen and oxygen atoms in total. The lowest BCUT2D eigenvalue weighted by atomic mass is 10.1. The molecule has 142 valence electrons. The maximum atomic E-state index is 12.9. The molecule has 0 fully saturated rings. The first-order valence-electron chi connectivity index (χ1n) is 8.27. The summed E-state index contributed by atoms with van der Waals surface area (Å²) in [6, 6.07) is 11.8. The van der Waals surface area contributed by atoms with Gasteiger partial charge in [-0.3, -0.25) is 0 Å². The number of sulfonamides is 1. The molecule has 0 saturated heterocycles. The fourth-order valence-corrected chi connectivity index (χ4v) is 4.12. The molecule has 0 amide bonds. The van der Waals surface area contributed by atoms with Crippen molar-refractivity contribution in [2.45, 2.75) is 17.9 Å². The molecule has 0 saturated carbocycles. The van der Waals surface area contributed by atoms with Crippen LogP contribution < -0.4 is 14.2 Å². The largest absolute Gasteiger partial charge is 0.497 e. The number of nitrogens with one attached hydrogen (secondary N) is 1. The summed E-state index contributed by atoms with van der Waals surface area (Å²) in [4.78, 5) is 4.05. The molecule has 0 bridgehead atoms. The highest BCUT2D eigenvalue weighted by molar-refractivity contribution is 7.89. The van der Waals surface area contributed by atoms with E-state index in [0.717, 1.165) is 11.3 Å². The highest BCUT2D eigenvalue weighted by atomic mass is 32.2. The van der Waals surface area contributed by atoms with Crippen LogP contribution >= 0.6 is 0 Å². The van der Waals surface area contributed by atoms with Crippen LogP contribution in [0.1, 0.15) is 18.5 Å². The van der Waals surface area contributed by atoms with E-state index in [-0.39, 0.29) is 10.6 Å². The van der Waals surface area contributed by atoms with Gasteiger partial charge in [0, 0.05) is 30.2 Å². The number of methoxy groups -OCH3 is 2. The molecule has 1 heterocycles. The van der Waals surface area contributed by atoms with Gasteiger partial charge in [-0.1, -0.05) is 12.1 Å². The normalized spacial score (nSPS) is 12.6. The van der Waals surface area contributed by atoms with Gasteiger partial charge in [-0.15, -0.1) is 0 Å². The van der Waals surface area contributed by atoms with E-state index in [2.05, 4.69) is 9.71 Å². The maximum Gasteiger partial charge on any atom is 0.244 e. The van der Waals surface area contributed by atoms with Crippen molar-refractivity contribution in [1.29, 1.82) is 0 Å². The fourth-order valence-electron chi connectivity index (χ4n) is 2.71. The van der Waals surface area contributed by atoms with Gasteiger partial charge in [0.1, 0.15) is 16.4 Å². The molecule has 3 rings (SSSR count). The third-order valence-electron chi connectivity index (χ3n) is 4.19. The number of rotatable bonds is 7. The van der Waals surface area contributed by atoms with Crippen molar-refractivity contribution >= 4 is 10.0 Å². The van der Waals surface area contributed by atoms with Gasteiger partial charge in [-0.05, 0) is 36.8 Å². The van der Waals surface area contributed by atoms with E-state index >= 15 is 0 Å². The number of ether oxygens (including phenoxy) is 2. The van der Waals surface area contributed by atoms with Gasteiger partial charge in [-0.2, -0.15) is 0 Å². The second-order valence-corrected chi connectivity index (χ2v) is 7.60. The minimum atomic E-state index is -3.81. The zero-order valence-corrected chi connectivity index (χ0v) is 16.1. The van der Waals surface area contributed by atoms with Crippen LogP contribution in [0.25, 0.3) is 5.69 Å². The summed E-state index contributed by atoms with van der Waals surface area (Å²) in [6.45, 7) is 1.79. The monoisotopic (exact) mass is 387 g/mol. The SMILES string of the molecule is COc1ccc(OC)c(S(=O)(=O)N[C@@H](C)c2ccc(-n3ccnc3)cc2)c1. The van der Waals surface area contributed by atoms with Gasteiger partial charge >= 0.3 is 0 Å². The van der Waals surface area contributed by atoms with E-state index in [4.69, 9.17) is 9.47 Å². The van der Waals surface area contributed by atoms with Crippen molar-refractivity contribution < 1.29 is 17.9 Å². The third kappa shape index (κ3) is 4.12. The van der Waals surface area contributed by atoms with Gasteiger partial charge in [0.15, 0.2) is 0 Å². The van der Waals surface area contributed by atoms with Gasteiger partial charge in [0.25, 0.3) is 0 Å². The number of aromatic nitrogens is 2. The molecule has 0 aliphatic heterocycles. The summed E-state index contributed by atoms with van der Waals surface area (Å²) in [5, 5.41) is 0. The van der Waals surface area contributed by atoms with Crippen LogP contribution in [0.5, 0.6) is 11.5 Å². The van der Waals surface area contributed by atoms with E-state index in [1.165, 1.54) is 20.3 Å². The Bertz CT molecular complexity index is 1000. The molecule has 0 spiro atoms. The molecule has 3 aromatic rings. The molecule has 1 aromatic heterocycles. The molecular weight excluding hydrogens is 366 g/mol. The van der Waals surface area contributed by atoms with Crippen molar-refractivity contribution in [3.63, 3.8) is 0 Å². The highest BCUT2D eigenvalue weighted by Gasteiger charge is 2.23. The number of benzene rings is 2. The number of nitrogens with zero attached hydrogens (tertiary/aromatic N) is 2. The molecule has 0 radical (unpaired) electrons. The Morgan fingerprint density at radius 3 is 2.41 bits per heavy atom. The number of hydrogen-bond donors (Lipinski definition) is 1. The summed E-state index contributed by atoms with van der Waals surface area (Å²) in [7, 11) is -0.895. The first kappa shape index (κ1) is 18.9. The van der Waals surface area contributed by atoms with Crippen molar-refractivity contribution in [1.82, 2.24) is 14.3 Å². The van der Waals surface area contributed by atoms with Gasteiger partial charge < -0.3 is 14.0 Å². The first-order chi connectivity index (χ1) is 12.9. The zero-order chi connectivity index (χ0) is 19.4. The van der Waals surface area contributed by atoms with Gasteiger partial charge in [-0.25, -0.2) is 18.1 Å². The molecule has 0 aliphatic rings. The van der Waals surface area contributed by atoms with E-state index < -0.39 is 16.1 Å². The molecule has 0 unspecified atom stereocenters. The van der Waals surface area contributed by atoms with Crippen molar-refractivity contribution in [3.05, 3.63) is 66.7 Å². The van der Waals surface area contributed by atoms with Gasteiger partial charge in [0.05, 0.1) is 20.5 Å². The summed E-state index contributed by atoms with van der Waals surface area (Å²) in [6.07, 6.45) is 5.25. The molecule has 1 N–H and O–H groups in total. The van der Waals surface area contributed by atoms with E-state index in [0.29, 0.717) is 5.75 Å². The smallest absolute Gasteiger partial charge is 0.244 e. The van der Waals surface area contributed by atoms with Crippen molar-refractivity contribution in [3.8, 4) is 17.2 Å². The van der Waals surface area contributed by atoms with Crippen molar-refractivity contribution in [2.24, 2.45) is 0 Å². The number of hydrogen-bond acceptors (Lipinski definition) is 5. The van der Waals surface area contributed by atoms with Crippen LogP contribution in [0.15, 0.2) is 66.1 Å². The van der Waals surface area contributed by atoms with Crippen LogP contribution in [0.2, 0.25) is 0 Å².